The molecule has 0 aliphatic carbocycles. The van der Waals surface area contributed by atoms with Crippen LogP contribution in [0.15, 0.2) is 30.5 Å². The van der Waals surface area contributed by atoms with Gasteiger partial charge in [-0.25, -0.2) is 9.97 Å². The van der Waals surface area contributed by atoms with E-state index >= 15 is 0 Å². The number of aromatic nitrogens is 2. The van der Waals surface area contributed by atoms with Gasteiger partial charge in [0.15, 0.2) is 5.82 Å². The van der Waals surface area contributed by atoms with Gasteiger partial charge in [-0.2, -0.15) is 0 Å². The molecule has 0 atom stereocenters. The number of ether oxygens (including phenoxy) is 1. The zero-order valence-electron chi connectivity index (χ0n) is 11.9. The number of rotatable bonds is 6. The summed E-state index contributed by atoms with van der Waals surface area (Å²) in [5.74, 6) is 1.55. The fourth-order valence-electron chi connectivity index (χ4n) is 1.92. The summed E-state index contributed by atoms with van der Waals surface area (Å²) >= 11 is 0. The molecule has 5 nitrogen and oxygen atoms in total. The van der Waals surface area contributed by atoms with E-state index in [4.69, 9.17) is 10.5 Å². The number of hydrogen-bond donors (Lipinski definition) is 2. The molecule has 0 spiro atoms. The van der Waals surface area contributed by atoms with Crippen molar-refractivity contribution in [3.8, 4) is 17.1 Å². The lowest BCUT2D eigenvalue weighted by Crippen LogP contribution is -2.15. The Balaban J connectivity index is 2.27. The molecule has 3 N–H and O–H groups in total. The van der Waals surface area contributed by atoms with E-state index in [1.165, 1.54) is 0 Å². The van der Waals surface area contributed by atoms with Crippen molar-refractivity contribution in [2.75, 3.05) is 25.5 Å². The molecule has 0 aliphatic heterocycles. The van der Waals surface area contributed by atoms with Gasteiger partial charge < -0.3 is 15.8 Å². The van der Waals surface area contributed by atoms with Crippen LogP contribution in [0.5, 0.6) is 5.75 Å². The van der Waals surface area contributed by atoms with Crippen LogP contribution in [-0.2, 0) is 6.42 Å². The third-order valence-corrected chi connectivity index (χ3v) is 3.01. The first-order valence-electron chi connectivity index (χ1n) is 6.72. The van der Waals surface area contributed by atoms with Crippen LogP contribution in [0, 0.1) is 0 Å². The monoisotopic (exact) mass is 272 g/mol. The first-order valence-corrected chi connectivity index (χ1v) is 6.72. The van der Waals surface area contributed by atoms with E-state index in [1.807, 2.05) is 30.5 Å². The first kappa shape index (κ1) is 14.3. The molecular formula is C15H20N4O. The molecule has 0 aliphatic rings. The Kier molecular flexibility index (Phi) is 4.90. The van der Waals surface area contributed by atoms with Crippen molar-refractivity contribution >= 4 is 5.69 Å². The largest absolute Gasteiger partial charge is 0.497 e. The minimum Gasteiger partial charge on any atom is -0.497 e. The molecule has 2 aromatic rings. The van der Waals surface area contributed by atoms with E-state index in [0.29, 0.717) is 6.54 Å². The highest BCUT2D eigenvalue weighted by Crippen LogP contribution is 2.21. The summed E-state index contributed by atoms with van der Waals surface area (Å²) in [6.45, 7) is 3.38. The van der Waals surface area contributed by atoms with Gasteiger partial charge in [-0.1, -0.05) is 6.92 Å². The van der Waals surface area contributed by atoms with Crippen molar-refractivity contribution in [2.24, 2.45) is 5.73 Å². The van der Waals surface area contributed by atoms with Crippen LogP contribution in [0.1, 0.15) is 12.6 Å². The zero-order valence-corrected chi connectivity index (χ0v) is 11.9. The Morgan fingerprint density at radius 3 is 2.60 bits per heavy atom. The number of hydrogen-bond acceptors (Lipinski definition) is 5. The highest BCUT2D eigenvalue weighted by molar-refractivity contribution is 5.59. The zero-order chi connectivity index (χ0) is 14.4. The molecular weight excluding hydrogens is 252 g/mol. The number of nitrogens with two attached hydrogens (primary N) is 1. The summed E-state index contributed by atoms with van der Waals surface area (Å²) in [4.78, 5) is 9.03. The van der Waals surface area contributed by atoms with Gasteiger partial charge in [0.1, 0.15) is 5.75 Å². The minimum absolute atomic E-state index is 0.587. The standard InChI is InChI=1S/C15H20N4O/c1-3-13-14(17-9-8-16)10-18-15(19-13)11-4-6-12(20-2)7-5-11/h4-7,10,17H,3,8-9,16H2,1-2H3. The maximum Gasteiger partial charge on any atom is 0.159 e. The third-order valence-electron chi connectivity index (χ3n) is 3.01. The molecule has 0 fully saturated rings. The number of anilines is 1. The molecule has 0 saturated carbocycles. The Labute approximate surface area is 119 Å². The van der Waals surface area contributed by atoms with Crippen LogP contribution in [0.4, 0.5) is 5.69 Å². The topological polar surface area (TPSA) is 73.1 Å². The first-order chi connectivity index (χ1) is 9.78. The van der Waals surface area contributed by atoms with Crippen LogP contribution >= 0.6 is 0 Å². The number of methoxy groups -OCH3 is 1. The van der Waals surface area contributed by atoms with E-state index < -0.39 is 0 Å². The molecule has 0 unspecified atom stereocenters. The van der Waals surface area contributed by atoms with E-state index in [9.17, 15) is 0 Å². The number of benzene rings is 1. The van der Waals surface area contributed by atoms with Gasteiger partial charge in [0.05, 0.1) is 24.7 Å². The van der Waals surface area contributed by atoms with Crippen molar-refractivity contribution in [3.63, 3.8) is 0 Å². The van der Waals surface area contributed by atoms with E-state index in [1.54, 1.807) is 7.11 Å². The minimum atomic E-state index is 0.587. The summed E-state index contributed by atoms with van der Waals surface area (Å²) in [5.41, 5.74) is 8.43. The van der Waals surface area contributed by atoms with Gasteiger partial charge in [-0.15, -0.1) is 0 Å². The van der Waals surface area contributed by atoms with Crippen molar-refractivity contribution in [1.82, 2.24) is 9.97 Å². The van der Waals surface area contributed by atoms with Gasteiger partial charge in [0.2, 0.25) is 0 Å². The van der Waals surface area contributed by atoms with Crippen LogP contribution in [-0.4, -0.2) is 30.2 Å². The SMILES string of the molecule is CCc1nc(-c2ccc(OC)cc2)ncc1NCCN. The van der Waals surface area contributed by atoms with Gasteiger partial charge in [-0.3, -0.25) is 0 Å². The quantitative estimate of drug-likeness (QED) is 0.842. The molecule has 1 aromatic carbocycles. The lowest BCUT2D eigenvalue weighted by molar-refractivity contribution is 0.415. The van der Waals surface area contributed by atoms with E-state index in [2.05, 4.69) is 22.2 Å². The molecule has 0 amide bonds. The van der Waals surface area contributed by atoms with Gasteiger partial charge in [-0.05, 0) is 30.7 Å². The van der Waals surface area contributed by atoms with Crippen molar-refractivity contribution in [3.05, 3.63) is 36.2 Å². The van der Waals surface area contributed by atoms with E-state index in [-0.39, 0.29) is 0 Å². The second-order valence-electron chi connectivity index (χ2n) is 4.35. The van der Waals surface area contributed by atoms with Crippen LogP contribution in [0.2, 0.25) is 0 Å². The molecule has 106 valence electrons. The average Bonchev–Trinajstić information content (AvgIpc) is 2.52. The Bertz CT molecular complexity index is 554. The number of aryl methyl sites for hydroxylation is 1. The van der Waals surface area contributed by atoms with Crippen molar-refractivity contribution in [1.29, 1.82) is 0 Å². The smallest absolute Gasteiger partial charge is 0.159 e. The van der Waals surface area contributed by atoms with Crippen LogP contribution in [0.25, 0.3) is 11.4 Å². The summed E-state index contributed by atoms with van der Waals surface area (Å²) in [6.07, 6.45) is 2.67. The second kappa shape index (κ2) is 6.86. The molecule has 0 radical (unpaired) electrons. The predicted octanol–water partition coefficient (Wildman–Crippen LogP) is 2.09. The number of nitrogens with one attached hydrogen (secondary N) is 1. The second-order valence-corrected chi connectivity index (χ2v) is 4.35. The molecule has 20 heavy (non-hydrogen) atoms. The maximum atomic E-state index is 5.50. The van der Waals surface area contributed by atoms with E-state index in [0.717, 1.165) is 41.5 Å². The fourth-order valence-corrected chi connectivity index (χ4v) is 1.92. The molecule has 2 rings (SSSR count). The lowest BCUT2D eigenvalue weighted by Gasteiger charge is -2.10. The summed E-state index contributed by atoms with van der Waals surface area (Å²) < 4.78 is 5.15. The molecule has 5 heteroatoms. The van der Waals surface area contributed by atoms with Gasteiger partial charge in [0, 0.05) is 18.7 Å². The summed E-state index contributed by atoms with van der Waals surface area (Å²) in [5, 5.41) is 3.24. The predicted molar refractivity (Wildman–Crippen MR) is 80.9 cm³/mol. The number of nitrogens with zero attached hydrogens (tertiary/aromatic N) is 2. The highest BCUT2D eigenvalue weighted by atomic mass is 16.5. The summed E-state index contributed by atoms with van der Waals surface area (Å²) in [7, 11) is 1.65. The summed E-state index contributed by atoms with van der Waals surface area (Å²) in [6, 6.07) is 7.73. The molecule has 1 heterocycles. The van der Waals surface area contributed by atoms with Gasteiger partial charge in [0.25, 0.3) is 0 Å². The molecule has 1 aromatic heterocycles. The average molecular weight is 272 g/mol. The van der Waals surface area contributed by atoms with Gasteiger partial charge >= 0.3 is 0 Å². The Morgan fingerprint density at radius 1 is 1.25 bits per heavy atom. The highest BCUT2D eigenvalue weighted by Gasteiger charge is 2.07. The molecule has 0 saturated heterocycles. The van der Waals surface area contributed by atoms with Crippen molar-refractivity contribution < 1.29 is 4.74 Å². The van der Waals surface area contributed by atoms with Crippen LogP contribution < -0.4 is 15.8 Å². The molecule has 0 bridgehead atoms. The Hall–Kier alpha value is -2.14. The van der Waals surface area contributed by atoms with Crippen LogP contribution in [0.3, 0.4) is 0 Å². The Morgan fingerprint density at radius 2 is 2.00 bits per heavy atom. The fraction of sp³-hybridized carbons (Fsp3) is 0.333. The lowest BCUT2D eigenvalue weighted by atomic mass is 10.2. The normalized spacial score (nSPS) is 10.3. The third kappa shape index (κ3) is 3.24. The maximum absolute atomic E-state index is 5.50. The van der Waals surface area contributed by atoms with Crippen molar-refractivity contribution in [2.45, 2.75) is 13.3 Å².